The first-order chi connectivity index (χ1) is 10.6. The Bertz CT molecular complexity index is 603. The van der Waals surface area contributed by atoms with Crippen LogP contribution in [0.15, 0.2) is 60.7 Å². The number of benzene rings is 2. The molecule has 23 heavy (non-hydrogen) atoms. The van der Waals surface area contributed by atoms with E-state index in [1.54, 1.807) is 14.0 Å². The minimum atomic E-state index is -1.07. The zero-order chi connectivity index (χ0) is 16.0. The summed E-state index contributed by atoms with van der Waals surface area (Å²) in [5.74, 6) is -0.225. The molecule has 0 aliphatic rings. The molecule has 2 unspecified atom stereocenters. The number of rotatable bonds is 6. The van der Waals surface area contributed by atoms with Crippen LogP contribution in [0.3, 0.4) is 0 Å². The molecule has 0 saturated carbocycles. The van der Waals surface area contributed by atoms with E-state index in [1.165, 1.54) is 0 Å². The van der Waals surface area contributed by atoms with Gasteiger partial charge in [0.25, 0.3) is 0 Å². The summed E-state index contributed by atoms with van der Waals surface area (Å²) in [6.07, 6.45) is -0.197. The molecule has 2 aromatic carbocycles. The van der Waals surface area contributed by atoms with Gasteiger partial charge in [0.15, 0.2) is 0 Å². The molecule has 0 aromatic heterocycles. The second kappa shape index (κ2) is 8.67. The highest BCUT2D eigenvalue weighted by Gasteiger charge is 2.30. The van der Waals surface area contributed by atoms with E-state index in [4.69, 9.17) is 10.5 Å². The monoisotopic (exact) mass is 334 g/mol. The lowest BCUT2D eigenvalue weighted by Gasteiger charge is -2.25. The van der Waals surface area contributed by atoms with Gasteiger partial charge in [0, 0.05) is 13.7 Å². The van der Waals surface area contributed by atoms with Crippen molar-refractivity contribution in [3.8, 4) is 0 Å². The predicted octanol–water partition coefficient (Wildman–Crippen LogP) is 2.79. The minimum Gasteiger partial charge on any atom is -0.375 e. The third-order valence-corrected chi connectivity index (χ3v) is 3.75. The molecule has 1 amide bonds. The molecule has 3 N–H and O–H groups in total. The predicted molar refractivity (Wildman–Crippen MR) is 94.4 cm³/mol. The third kappa shape index (κ3) is 4.79. The molecule has 0 radical (unpaired) electrons. The van der Waals surface area contributed by atoms with Crippen molar-refractivity contribution in [2.45, 2.75) is 18.6 Å². The van der Waals surface area contributed by atoms with E-state index in [0.717, 1.165) is 11.1 Å². The summed E-state index contributed by atoms with van der Waals surface area (Å²) in [4.78, 5) is 12.4. The lowest BCUT2D eigenvalue weighted by Crippen LogP contribution is -2.49. The quantitative estimate of drug-likeness (QED) is 0.853. The van der Waals surface area contributed by atoms with Crippen LogP contribution in [0.5, 0.6) is 0 Å². The topological polar surface area (TPSA) is 64.3 Å². The summed E-state index contributed by atoms with van der Waals surface area (Å²) in [5.41, 5.74) is 6.92. The molecule has 0 saturated heterocycles. The highest BCUT2D eigenvalue weighted by Crippen LogP contribution is 2.19. The fourth-order valence-corrected chi connectivity index (χ4v) is 2.29. The first-order valence-corrected chi connectivity index (χ1v) is 7.26. The number of ether oxygens (including phenoxy) is 1. The van der Waals surface area contributed by atoms with E-state index in [2.05, 4.69) is 5.32 Å². The van der Waals surface area contributed by atoms with Crippen LogP contribution in [0.25, 0.3) is 0 Å². The van der Waals surface area contributed by atoms with Gasteiger partial charge in [-0.15, -0.1) is 12.4 Å². The third-order valence-electron chi connectivity index (χ3n) is 3.75. The van der Waals surface area contributed by atoms with Gasteiger partial charge in [-0.1, -0.05) is 60.7 Å². The smallest absolute Gasteiger partial charge is 0.244 e. The Morgan fingerprint density at radius 3 is 2.17 bits per heavy atom. The zero-order valence-corrected chi connectivity index (χ0v) is 14.2. The molecule has 0 aliphatic heterocycles. The second-order valence-electron chi connectivity index (χ2n) is 5.41. The number of carbonyl (C=O) groups excluding carboxylic acids is 1. The Morgan fingerprint density at radius 1 is 1.13 bits per heavy atom. The second-order valence-corrected chi connectivity index (χ2v) is 5.41. The number of hydrogen-bond acceptors (Lipinski definition) is 3. The van der Waals surface area contributed by atoms with Gasteiger partial charge < -0.3 is 15.8 Å². The Kier molecular flexibility index (Phi) is 7.23. The van der Waals surface area contributed by atoms with E-state index in [-0.39, 0.29) is 24.4 Å². The number of hydrogen-bond donors (Lipinski definition) is 2. The molecule has 0 bridgehead atoms. The average molecular weight is 335 g/mol. The molecular weight excluding hydrogens is 312 g/mol. The van der Waals surface area contributed by atoms with Gasteiger partial charge in [-0.3, -0.25) is 4.79 Å². The summed E-state index contributed by atoms with van der Waals surface area (Å²) < 4.78 is 5.45. The zero-order valence-electron chi connectivity index (χ0n) is 13.4. The molecule has 5 heteroatoms. The van der Waals surface area contributed by atoms with Crippen LogP contribution >= 0.6 is 12.4 Å². The molecule has 0 heterocycles. The van der Waals surface area contributed by atoms with Gasteiger partial charge >= 0.3 is 0 Å². The maximum atomic E-state index is 12.4. The average Bonchev–Trinajstić information content (AvgIpc) is 2.57. The van der Waals surface area contributed by atoms with Crippen molar-refractivity contribution in [3.05, 3.63) is 71.8 Å². The number of halogens is 1. The fraction of sp³-hybridized carbons (Fsp3) is 0.278. The number of nitrogens with two attached hydrogens (primary N) is 1. The van der Waals surface area contributed by atoms with Crippen LogP contribution < -0.4 is 11.1 Å². The summed E-state index contributed by atoms with van der Waals surface area (Å²) >= 11 is 0. The molecular formula is C18H23ClN2O2. The summed E-state index contributed by atoms with van der Waals surface area (Å²) in [5, 5.41) is 2.88. The molecule has 124 valence electrons. The summed E-state index contributed by atoms with van der Waals surface area (Å²) in [6.45, 7) is 2.08. The maximum Gasteiger partial charge on any atom is 0.244 e. The molecule has 4 nitrogen and oxygen atoms in total. The SMILES string of the molecule is COC(CNC(=O)C(C)(N)c1ccccc1)c1ccccc1.Cl. The normalized spacial score (nSPS) is 14.2. The Hall–Kier alpha value is -1.88. The van der Waals surface area contributed by atoms with Crippen molar-refractivity contribution in [3.63, 3.8) is 0 Å². The van der Waals surface area contributed by atoms with Gasteiger partial charge in [-0.2, -0.15) is 0 Å². The number of nitrogens with one attached hydrogen (secondary N) is 1. The number of methoxy groups -OCH3 is 1. The lowest BCUT2D eigenvalue weighted by atomic mass is 9.92. The van der Waals surface area contributed by atoms with Crippen LogP contribution in [-0.2, 0) is 15.1 Å². The first kappa shape index (κ1) is 19.2. The molecule has 0 aliphatic carbocycles. The molecule has 0 fully saturated rings. The Labute approximate surface area is 143 Å². The summed E-state index contributed by atoms with van der Waals surface area (Å²) in [7, 11) is 1.63. The first-order valence-electron chi connectivity index (χ1n) is 7.26. The maximum absolute atomic E-state index is 12.4. The standard InChI is InChI=1S/C18H22N2O2.ClH/c1-18(19,15-11-7-4-8-12-15)17(21)20-13-16(22-2)14-9-5-3-6-10-14;/h3-12,16H,13,19H2,1-2H3,(H,20,21);1H. The van der Waals surface area contributed by atoms with Gasteiger partial charge in [-0.25, -0.2) is 0 Å². The van der Waals surface area contributed by atoms with Gasteiger partial charge in [-0.05, 0) is 18.1 Å². The van der Waals surface area contributed by atoms with Crippen molar-refractivity contribution >= 4 is 18.3 Å². The fourth-order valence-electron chi connectivity index (χ4n) is 2.29. The van der Waals surface area contributed by atoms with Crippen molar-refractivity contribution in [1.29, 1.82) is 0 Å². The Balaban J connectivity index is 0.00000264. The van der Waals surface area contributed by atoms with Crippen molar-refractivity contribution < 1.29 is 9.53 Å². The number of carbonyl (C=O) groups is 1. The number of amides is 1. The highest BCUT2D eigenvalue weighted by molar-refractivity contribution is 5.87. The Morgan fingerprint density at radius 2 is 1.65 bits per heavy atom. The molecule has 0 spiro atoms. The van der Waals surface area contributed by atoms with Crippen molar-refractivity contribution in [2.75, 3.05) is 13.7 Å². The minimum absolute atomic E-state index is 0. The van der Waals surface area contributed by atoms with Crippen LogP contribution in [0.2, 0.25) is 0 Å². The van der Waals surface area contributed by atoms with Crippen LogP contribution in [0.1, 0.15) is 24.2 Å². The molecule has 2 atom stereocenters. The van der Waals surface area contributed by atoms with E-state index < -0.39 is 5.54 Å². The van der Waals surface area contributed by atoms with E-state index in [1.807, 2.05) is 60.7 Å². The van der Waals surface area contributed by atoms with Gasteiger partial charge in [0.2, 0.25) is 5.91 Å². The molecule has 2 rings (SSSR count). The van der Waals surface area contributed by atoms with E-state index in [9.17, 15) is 4.79 Å². The van der Waals surface area contributed by atoms with Gasteiger partial charge in [0.1, 0.15) is 5.54 Å². The molecule has 2 aromatic rings. The largest absolute Gasteiger partial charge is 0.375 e. The van der Waals surface area contributed by atoms with Crippen molar-refractivity contribution in [1.82, 2.24) is 5.32 Å². The lowest BCUT2D eigenvalue weighted by molar-refractivity contribution is -0.126. The van der Waals surface area contributed by atoms with Crippen LogP contribution in [0.4, 0.5) is 0 Å². The summed E-state index contributed by atoms with van der Waals surface area (Å²) in [6, 6.07) is 19.1. The van der Waals surface area contributed by atoms with E-state index in [0.29, 0.717) is 6.54 Å². The van der Waals surface area contributed by atoms with Crippen molar-refractivity contribution in [2.24, 2.45) is 5.73 Å². The van der Waals surface area contributed by atoms with Gasteiger partial charge in [0.05, 0.1) is 6.10 Å². The van der Waals surface area contributed by atoms with E-state index >= 15 is 0 Å². The van der Waals surface area contributed by atoms with Crippen LogP contribution in [-0.4, -0.2) is 19.6 Å². The van der Waals surface area contributed by atoms with Crippen LogP contribution in [0, 0.1) is 0 Å². The highest BCUT2D eigenvalue weighted by atomic mass is 35.5.